The first-order valence-corrected chi connectivity index (χ1v) is 3.02. The van der Waals surface area contributed by atoms with E-state index in [-0.39, 0.29) is 0 Å². The van der Waals surface area contributed by atoms with Gasteiger partial charge in [-0.05, 0) is 0 Å². The van der Waals surface area contributed by atoms with Gasteiger partial charge in [-0.25, -0.2) is 4.79 Å². The fourth-order valence-corrected chi connectivity index (χ4v) is 0.865. The van der Waals surface area contributed by atoms with Crippen LogP contribution in [0.5, 0.6) is 0 Å². The third kappa shape index (κ3) is 0.943. The lowest BCUT2D eigenvalue weighted by Gasteiger charge is -2.14. The van der Waals surface area contributed by atoms with Gasteiger partial charge in [-0.3, -0.25) is 4.99 Å². The van der Waals surface area contributed by atoms with E-state index in [9.17, 15) is 4.79 Å². The normalized spacial score (nSPS) is 20.8. The molecule has 0 atom stereocenters. The molecule has 0 aliphatic carbocycles. The van der Waals surface area contributed by atoms with Crippen LogP contribution < -0.4 is 0 Å². The minimum Gasteiger partial charge on any atom is -0.478 e. The van der Waals surface area contributed by atoms with E-state index in [1.807, 2.05) is 13.8 Å². The first-order chi connectivity index (χ1) is 4.54. The number of carboxylic acid groups (broad SMARTS) is 1. The molecule has 0 amide bonds. The molecule has 0 fully saturated rings. The number of hydrogen-bond acceptors (Lipinski definition) is 2. The molecule has 54 valence electrons. The Morgan fingerprint density at radius 1 is 1.70 bits per heavy atom. The molecule has 0 unspecified atom stereocenters. The van der Waals surface area contributed by atoms with Crippen molar-refractivity contribution in [2.75, 3.05) is 0 Å². The summed E-state index contributed by atoms with van der Waals surface area (Å²) in [6.45, 7) is 3.65. The van der Waals surface area contributed by atoms with Crippen LogP contribution in [0.4, 0.5) is 0 Å². The van der Waals surface area contributed by atoms with E-state index in [4.69, 9.17) is 5.11 Å². The maximum atomic E-state index is 10.5. The lowest BCUT2D eigenvalue weighted by molar-refractivity contribution is -0.133. The summed E-state index contributed by atoms with van der Waals surface area (Å²) < 4.78 is 0. The molecule has 0 radical (unpaired) electrons. The molecule has 1 heterocycles. The fraction of sp³-hybridized carbons (Fsp3) is 0.429. The van der Waals surface area contributed by atoms with Gasteiger partial charge in [0.15, 0.2) is 0 Å². The zero-order chi connectivity index (χ0) is 7.78. The Labute approximate surface area is 59.1 Å². The van der Waals surface area contributed by atoms with Crippen molar-refractivity contribution in [2.24, 2.45) is 10.4 Å². The van der Waals surface area contributed by atoms with Gasteiger partial charge in [0.1, 0.15) is 0 Å². The van der Waals surface area contributed by atoms with E-state index >= 15 is 0 Å². The molecule has 3 heteroatoms. The average Bonchev–Trinajstić information content (AvgIpc) is 2.08. The highest BCUT2D eigenvalue weighted by Gasteiger charge is 2.29. The molecular formula is C7H9NO2. The van der Waals surface area contributed by atoms with Gasteiger partial charge in [-0.2, -0.15) is 0 Å². The monoisotopic (exact) mass is 139 g/mol. The zero-order valence-corrected chi connectivity index (χ0v) is 5.96. The van der Waals surface area contributed by atoms with E-state index in [1.165, 1.54) is 6.20 Å². The summed E-state index contributed by atoms with van der Waals surface area (Å²) in [6.07, 6.45) is 3.03. The molecule has 0 saturated heterocycles. The summed E-state index contributed by atoms with van der Waals surface area (Å²) in [4.78, 5) is 14.2. The minimum atomic E-state index is -0.887. The summed E-state index contributed by atoms with van der Waals surface area (Å²) in [5.74, 6) is -0.887. The molecular weight excluding hydrogens is 130 g/mol. The van der Waals surface area contributed by atoms with E-state index in [2.05, 4.69) is 4.99 Å². The van der Waals surface area contributed by atoms with Crippen molar-refractivity contribution in [2.45, 2.75) is 13.8 Å². The second-order valence-electron chi connectivity index (χ2n) is 2.85. The first-order valence-electron chi connectivity index (χ1n) is 3.02. The van der Waals surface area contributed by atoms with Gasteiger partial charge in [0.25, 0.3) is 0 Å². The molecule has 1 N–H and O–H groups in total. The minimum absolute atomic E-state index is 0.354. The fourth-order valence-electron chi connectivity index (χ4n) is 0.865. The number of carbonyl (C=O) groups is 1. The molecule has 1 aliphatic rings. The van der Waals surface area contributed by atoms with Crippen LogP contribution >= 0.6 is 0 Å². The van der Waals surface area contributed by atoms with Crippen LogP contribution in [0.1, 0.15) is 13.8 Å². The highest BCUT2D eigenvalue weighted by molar-refractivity contribution is 5.96. The maximum absolute atomic E-state index is 10.5. The standard InChI is InChI=1S/C7H9NO2/c1-7(2)4-8-3-5(7)6(9)10/h3-4H,1-2H3,(H,9,10). The number of aliphatic carboxylic acids is 1. The smallest absolute Gasteiger partial charge is 0.334 e. The van der Waals surface area contributed by atoms with Gasteiger partial charge in [0.05, 0.1) is 5.57 Å². The van der Waals surface area contributed by atoms with Crippen LogP contribution in [0.15, 0.2) is 16.8 Å². The molecule has 0 aromatic heterocycles. The Morgan fingerprint density at radius 3 is 2.50 bits per heavy atom. The topological polar surface area (TPSA) is 49.7 Å². The Balaban J connectivity index is 2.93. The second kappa shape index (κ2) is 1.94. The Bertz CT molecular complexity index is 226. The second-order valence-corrected chi connectivity index (χ2v) is 2.85. The van der Waals surface area contributed by atoms with Gasteiger partial charge in [-0.1, -0.05) is 13.8 Å². The molecule has 0 spiro atoms. The van der Waals surface area contributed by atoms with Crippen molar-refractivity contribution in [3.05, 3.63) is 11.8 Å². The Kier molecular flexibility index (Phi) is 1.35. The number of nitrogens with zero attached hydrogens (tertiary/aromatic N) is 1. The lowest BCUT2D eigenvalue weighted by atomic mass is 9.88. The van der Waals surface area contributed by atoms with E-state index in [1.54, 1.807) is 6.21 Å². The van der Waals surface area contributed by atoms with Crippen LogP contribution in [0.3, 0.4) is 0 Å². The van der Waals surface area contributed by atoms with Gasteiger partial charge >= 0.3 is 5.97 Å². The third-order valence-electron chi connectivity index (χ3n) is 1.53. The van der Waals surface area contributed by atoms with Crippen LogP contribution in [0, 0.1) is 5.41 Å². The third-order valence-corrected chi connectivity index (χ3v) is 1.53. The van der Waals surface area contributed by atoms with Gasteiger partial charge in [-0.15, -0.1) is 0 Å². The molecule has 1 aliphatic heterocycles. The van der Waals surface area contributed by atoms with Crippen LogP contribution in [-0.2, 0) is 4.79 Å². The number of aliphatic imine (C=N–C) groups is 1. The van der Waals surface area contributed by atoms with E-state index < -0.39 is 11.4 Å². The summed E-state index contributed by atoms with van der Waals surface area (Å²) in [5, 5.41) is 8.60. The van der Waals surface area contributed by atoms with Crippen molar-refractivity contribution >= 4 is 12.2 Å². The molecule has 10 heavy (non-hydrogen) atoms. The maximum Gasteiger partial charge on any atom is 0.334 e. The molecule has 0 bridgehead atoms. The molecule has 0 aromatic rings. The SMILES string of the molecule is CC1(C)C=NC=C1C(=O)O. The number of rotatable bonds is 1. The van der Waals surface area contributed by atoms with Gasteiger partial charge in [0, 0.05) is 17.8 Å². The van der Waals surface area contributed by atoms with Crippen molar-refractivity contribution in [1.82, 2.24) is 0 Å². The van der Waals surface area contributed by atoms with Crippen molar-refractivity contribution in [1.29, 1.82) is 0 Å². The number of hydrogen-bond donors (Lipinski definition) is 1. The lowest BCUT2D eigenvalue weighted by Crippen LogP contribution is -2.19. The first kappa shape index (κ1) is 6.99. The largest absolute Gasteiger partial charge is 0.478 e. The highest BCUT2D eigenvalue weighted by Crippen LogP contribution is 2.27. The van der Waals surface area contributed by atoms with Crippen molar-refractivity contribution in [3.63, 3.8) is 0 Å². The molecule has 1 rings (SSSR count). The quantitative estimate of drug-likeness (QED) is 0.590. The van der Waals surface area contributed by atoms with Crippen LogP contribution in [0.2, 0.25) is 0 Å². The van der Waals surface area contributed by atoms with Crippen LogP contribution in [-0.4, -0.2) is 17.3 Å². The Morgan fingerprint density at radius 2 is 2.30 bits per heavy atom. The summed E-state index contributed by atoms with van der Waals surface area (Å²) in [6, 6.07) is 0. The van der Waals surface area contributed by atoms with Crippen molar-refractivity contribution in [3.8, 4) is 0 Å². The zero-order valence-electron chi connectivity index (χ0n) is 5.96. The molecule has 3 nitrogen and oxygen atoms in total. The Hall–Kier alpha value is -1.12. The van der Waals surface area contributed by atoms with E-state index in [0.717, 1.165) is 0 Å². The number of carboxylic acids is 1. The van der Waals surface area contributed by atoms with Gasteiger partial charge in [0.2, 0.25) is 0 Å². The summed E-state index contributed by atoms with van der Waals surface area (Å²) >= 11 is 0. The van der Waals surface area contributed by atoms with Crippen LogP contribution in [0.25, 0.3) is 0 Å². The van der Waals surface area contributed by atoms with Gasteiger partial charge < -0.3 is 5.11 Å². The average molecular weight is 139 g/mol. The predicted molar refractivity (Wildman–Crippen MR) is 38.0 cm³/mol. The predicted octanol–water partition coefficient (Wildman–Crippen LogP) is 1.07. The summed E-state index contributed by atoms with van der Waals surface area (Å²) in [7, 11) is 0. The molecule has 0 saturated carbocycles. The van der Waals surface area contributed by atoms with Crippen molar-refractivity contribution < 1.29 is 9.90 Å². The summed E-state index contributed by atoms with van der Waals surface area (Å²) in [5.41, 5.74) is -0.0428. The highest BCUT2D eigenvalue weighted by atomic mass is 16.4. The molecule has 0 aromatic carbocycles. The van der Waals surface area contributed by atoms with E-state index in [0.29, 0.717) is 5.57 Å².